The van der Waals surface area contributed by atoms with Crippen molar-refractivity contribution < 1.29 is 21.6 Å². The Morgan fingerprint density at radius 2 is 1.67 bits per heavy atom. The van der Waals surface area contributed by atoms with Crippen molar-refractivity contribution in [3.8, 4) is 5.75 Å². The highest BCUT2D eigenvalue weighted by Gasteiger charge is 2.30. The van der Waals surface area contributed by atoms with Gasteiger partial charge >= 0.3 is 0 Å². The summed E-state index contributed by atoms with van der Waals surface area (Å²) in [4.78, 5) is -0.283. The lowest BCUT2D eigenvalue weighted by Crippen LogP contribution is -2.35. The summed E-state index contributed by atoms with van der Waals surface area (Å²) in [7, 11) is -7.94. The van der Waals surface area contributed by atoms with E-state index in [2.05, 4.69) is 4.72 Å². The van der Waals surface area contributed by atoms with Gasteiger partial charge in [-0.25, -0.2) is 16.8 Å². The summed E-state index contributed by atoms with van der Waals surface area (Å²) in [5.74, 6) is 0.173. The first-order valence-corrected chi connectivity index (χ1v) is 13.1. The van der Waals surface area contributed by atoms with E-state index in [1.807, 2.05) is 0 Å². The molecule has 1 saturated heterocycles. The van der Waals surface area contributed by atoms with Crippen molar-refractivity contribution in [2.75, 3.05) is 24.4 Å². The van der Waals surface area contributed by atoms with Gasteiger partial charge in [0.25, 0.3) is 10.0 Å². The van der Waals surface area contributed by atoms with Crippen molar-refractivity contribution in [2.45, 2.75) is 36.0 Å². The van der Waals surface area contributed by atoms with E-state index in [9.17, 15) is 16.8 Å². The van der Waals surface area contributed by atoms with Gasteiger partial charge in [0.05, 0.1) is 17.3 Å². The Labute approximate surface area is 187 Å². The molecule has 7 nitrogen and oxygen atoms in total. The fraction of sp³-hybridized carbons (Fsp3) is 0.368. The third-order valence-corrected chi connectivity index (χ3v) is 8.63. The Hall–Kier alpha value is -1.52. The number of benzene rings is 2. The fourth-order valence-electron chi connectivity index (χ4n) is 3.19. The molecular weight excluding hydrogens is 471 g/mol. The highest BCUT2D eigenvalue weighted by molar-refractivity contribution is 7.93. The van der Waals surface area contributed by atoms with Crippen molar-refractivity contribution in [3.63, 3.8) is 0 Å². The van der Waals surface area contributed by atoms with Gasteiger partial charge in [-0.3, -0.25) is 4.72 Å². The average molecular weight is 493 g/mol. The summed E-state index contributed by atoms with van der Waals surface area (Å²) in [6.07, 6.45) is 2.54. The second-order valence-corrected chi connectivity index (χ2v) is 11.1. The van der Waals surface area contributed by atoms with Crippen LogP contribution in [0.1, 0.15) is 26.2 Å². The van der Waals surface area contributed by atoms with Gasteiger partial charge in [0.15, 0.2) is 0 Å². The predicted molar refractivity (Wildman–Crippen MR) is 117 cm³/mol. The zero-order chi connectivity index (χ0) is 21.9. The van der Waals surface area contributed by atoms with Gasteiger partial charge in [-0.15, -0.1) is 0 Å². The number of ether oxygens (including phenoxy) is 1. The van der Waals surface area contributed by atoms with Crippen LogP contribution >= 0.6 is 23.2 Å². The first kappa shape index (κ1) is 23.1. The normalized spacial score (nSPS) is 15.7. The monoisotopic (exact) mass is 492 g/mol. The van der Waals surface area contributed by atoms with Gasteiger partial charge < -0.3 is 4.74 Å². The van der Waals surface area contributed by atoms with Crippen LogP contribution in [-0.2, 0) is 20.0 Å². The molecule has 11 heteroatoms. The smallest absolute Gasteiger partial charge is 0.263 e. The van der Waals surface area contributed by atoms with E-state index in [1.54, 1.807) is 6.92 Å². The molecule has 0 radical (unpaired) electrons. The van der Waals surface area contributed by atoms with E-state index in [-0.39, 0.29) is 37.9 Å². The number of rotatable bonds is 7. The van der Waals surface area contributed by atoms with Gasteiger partial charge in [0, 0.05) is 18.1 Å². The first-order chi connectivity index (χ1) is 14.1. The SMILES string of the molecule is CCOc1ccc(NS(=O)(=O)c2cc(Cl)ccc2Cl)cc1S(=O)(=O)N1CCCCC1. The van der Waals surface area contributed by atoms with Crippen LogP contribution in [0.3, 0.4) is 0 Å². The summed E-state index contributed by atoms with van der Waals surface area (Å²) in [6.45, 7) is 2.85. The third-order valence-electron chi connectivity index (χ3n) is 4.61. The molecule has 0 saturated carbocycles. The molecule has 0 amide bonds. The molecule has 1 aliphatic heterocycles. The molecule has 0 atom stereocenters. The Kier molecular flexibility index (Phi) is 7.19. The number of nitrogens with one attached hydrogen (secondary N) is 1. The number of sulfonamides is 2. The van der Waals surface area contributed by atoms with E-state index in [4.69, 9.17) is 27.9 Å². The van der Waals surface area contributed by atoms with Crippen molar-refractivity contribution in [2.24, 2.45) is 0 Å². The van der Waals surface area contributed by atoms with E-state index < -0.39 is 20.0 Å². The van der Waals surface area contributed by atoms with Crippen molar-refractivity contribution in [3.05, 3.63) is 46.4 Å². The molecule has 1 fully saturated rings. The quantitative estimate of drug-likeness (QED) is 0.619. The molecule has 1 aliphatic rings. The van der Waals surface area contributed by atoms with Gasteiger partial charge in [-0.1, -0.05) is 29.6 Å². The largest absolute Gasteiger partial charge is 0.492 e. The Bertz CT molecular complexity index is 1130. The molecule has 3 rings (SSSR count). The molecule has 0 spiro atoms. The number of hydrogen-bond acceptors (Lipinski definition) is 5. The van der Waals surface area contributed by atoms with Gasteiger partial charge in [0.1, 0.15) is 15.5 Å². The van der Waals surface area contributed by atoms with Crippen LogP contribution in [0.15, 0.2) is 46.2 Å². The van der Waals surface area contributed by atoms with E-state index in [0.29, 0.717) is 13.1 Å². The second-order valence-electron chi connectivity index (χ2n) is 6.74. The molecule has 0 aromatic heterocycles. The van der Waals surface area contributed by atoms with E-state index in [1.165, 1.54) is 40.7 Å². The highest BCUT2D eigenvalue weighted by atomic mass is 35.5. The summed E-state index contributed by atoms with van der Waals surface area (Å²) in [5, 5.41) is 0.207. The minimum absolute atomic E-state index is 0.000928. The zero-order valence-electron chi connectivity index (χ0n) is 16.3. The molecule has 0 unspecified atom stereocenters. The second kappa shape index (κ2) is 9.32. The molecule has 0 aliphatic carbocycles. The van der Waals surface area contributed by atoms with Crippen LogP contribution in [0.4, 0.5) is 5.69 Å². The lowest BCUT2D eigenvalue weighted by Gasteiger charge is -2.27. The minimum atomic E-state index is -4.09. The Morgan fingerprint density at radius 3 is 2.33 bits per heavy atom. The molecule has 1 heterocycles. The zero-order valence-corrected chi connectivity index (χ0v) is 19.4. The van der Waals surface area contributed by atoms with Crippen molar-refractivity contribution in [1.82, 2.24) is 4.31 Å². The first-order valence-electron chi connectivity index (χ1n) is 9.40. The maximum absolute atomic E-state index is 13.2. The maximum Gasteiger partial charge on any atom is 0.263 e. The lowest BCUT2D eigenvalue weighted by molar-refractivity contribution is 0.323. The molecule has 2 aromatic rings. The summed E-state index contributed by atoms with van der Waals surface area (Å²) in [6, 6.07) is 8.23. The van der Waals surface area contributed by atoms with Gasteiger partial charge in [0.2, 0.25) is 10.0 Å². The van der Waals surface area contributed by atoms with Crippen LogP contribution in [0.2, 0.25) is 10.0 Å². The minimum Gasteiger partial charge on any atom is -0.492 e. The number of anilines is 1. The summed E-state index contributed by atoms with van der Waals surface area (Å²) >= 11 is 11.9. The molecule has 30 heavy (non-hydrogen) atoms. The Morgan fingerprint density at radius 1 is 0.967 bits per heavy atom. The average Bonchev–Trinajstić information content (AvgIpc) is 2.71. The highest BCUT2D eigenvalue weighted by Crippen LogP contribution is 2.33. The van der Waals surface area contributed by atoms with E-state index >= 15 is 0 Å². The van der Waals surface area contributed by atoms with Crippen LogP contribution < -0.4 is 9.46 Å². The molecule has 164 valence electrons. The summed E-state index contributed by atoms with van der Waals surface area (Å²) < 4.78 is 61.3. The number of piperidine rings is 1. The van der Waals surface area contributed by atoms with Gasteiger partial charge in [-0.2, -0.15) is 4.31 Å². The third kappa shape index (κ3) is 5.03. The van der Waals surface area contributed by atoms with E-state index in [0.717, 1.165) is 19.3 Å². The number of hydrogen-bond donors (Lipinski definition) is 1. The van der Waals surface area contributed by atoms with Crippen LogP contribution in [-0.4, -0.2) is 40.8 Å². The van der Waals surface area contributed by atoms with Gasteiger partial charge in [-0.05, 0) is 56.2 Å². The van der Waals surface area contributed by atoms with Crippen molar-refractivity contribution in [1.29, 1.82) is 0 Å². The Balaban J connectivity index is 2.01. The number of nitrogens with zero attached hydrogens (tertiary/aromatic N) is 1. The fourth-order valence-corrected chi connectivity index (χ4v) is 6.67. The van der Waals surface area contributed by atoms with Crippen molar-refractivity contribution >= 4 is 48.9 Å². The summed E-state index contributed by atoms with van der Waals surface area (Å²) in [5.41, 5.74) is 0.0741. The molecule has 0 bridgehead atoms. The van der Waals surface area contributed by atoms with Crippen LogP contribution in [0, 0.1) is 0 Å². The van der Waals surface area contributed by atoms with Crippen LogP contribution in [0.5, 0.6) is 5.75 Å². The predicted octanol–water partition coefficient (Wildman–Crippen LogP) is 4.37. The van der Waals surface area contributed by atoms with Crippen LogP contribution in [0.25, 0.3) is 0 Å². The molecule has 1 N–H and O–H groups in total. The number of halogens is 2. The molecular formula is C19H22Cl2N2O5S2. The molecule has 2 aromatic carbocycles. The topological polar surface area (TPSA) is 92.8 Å². The standard InChI is InChI=1S/C19H22Cl2N2O5S2/c1-2-28-17-9-7-15(13-19(17)30(26,27)23-10-4-3-5-11-23)22-29(24,25)18-12-14(20)6-8-16(18)21/h6-9,12-13,22H,2-5,10-11H2,1H3. The lowest BCUT2D eigenvalue weighted by atomic mass is 10.2. The maximum atomic E-state index is 13.2.